The summed E-state index contributed by atoms with van der Waals surface area (Å²) in [4.78, 5) is 25.9. The highest BCUT2D eigenvalue weighted by atomic mass is 16.4. The number of carboxylic acid groups (broad SMARTS) is 1. The predicted octanol–water partition coefficient (Wildman–Crippen LogP) is 0.806. The number of rotatable bonds is 4. The van der Waals surface area contributed by atoms with Gasteiger partial charge in [-0.2, -0.15) is 0 Å². The number of hydrogen-bond donors (Lipinski definition) is 2. The summed E-state index contributed by atoms with van der Waals surface area (Å²) in [6.07, 6.45) is 1.91. The van der Waals surface area contributed by atoms with Crippen LogP contribution in [0.25, 0.3) is 0 Å². The third-order valence-electron chi connectivity index (χ3n) is 2.42. The molecule has 5 nitrogen and oxygen atoms in total. The molecule has 1 aliphatic rings. The molecule has 1 aromatic heterocycles. The third kappa shape index (κ3) is 2.56. The zero-order chi connectivity index (χ0) is 11.5. The van der Waals surface area contributed by atoms with Crippen molar-refractivity contribution < 1.29 is 14.7 Å². The summed E-state index contributed by atoms with van der Waals surface area (Å²) < 4.78 is 0. The van der Waals surface area contributed by atoms with Gasteiger partial charge in [-0.15, -0.1) is 0 Å². The van der Waals surface area contributed by atoms with Gasteiger partial charge in [-0.25, -0.2) is 9.78 Å². The summed E-state index contributed by atoms with van der Waals surface area (Å²) in [6.45, 7) is 0.288. The van der Waals surface area contributed by atoms with Gasteiger partial charge in [-0.05, 0) is 25.0 Å². The van der Waals surface area contributed by atoms with Crippen LogP contribution in [0.3, 0.4) is 0 Å². The van der Waals surface area contributed by atoms with Crippen molar-refractivity contribution in [1.82, 2.24) is 10.3 Å². The molecule has 5 heteroatoms. The summed E-state index contributed by atoms with van der Waals surface area (Å²) in [5.41, 5.74) is 0.562. The lowest BCUT2D eigenvalue weighted by molar-refractivity contribution is -0.122. The molecule has 1 amide bonds. The Bertz CT molecular complexity index is 427. The second kappa shape index (κ2) is 4.30. The lowest BCUT2D eigenvalue weighted by Crippen LogP contribution is -2.24. The first-order valence-corrected chi connectivity index (χ1v) is 5.14. The van der Waals surface area contributed by atoms with Crippen LogP contribution >= 0.6 is 0 Å². The Morgan fingerprint density at radius 2 is 2.19 bits per heavy atom. The molecule has 0 aromatic carbocycles. The van der Waals surface area contributed by atoms with Gasteiger partial charge in [0, 0.05) is 5.92 Å². The molecule has 0 aliphatic heterocycles. The topological polar surface area (TPSA) is 79.3 Å². The molecule has 84 valence electrons. The van der Waals surface area contributed by atoms with E-state index in [0.29, 0.717) is 5.69 Å². The first-order valence-electron chi connectivity index (χ1n) is 5.14. The van der Waals surface area contributed by atoms with Gasteiger partial charge in [-0.3, -0.25) is 4.79 Å². The lowest BCUT2D eigenvalue weighted by Gasteiger charge is -2.04. The fourth-order valence-corrected chi connectivity index (χ4v) is 1.36. The molecule has 1 fully saturated rings. The molecule has 0 unspecified atom stereocenters. The van der Waals surface area contributed by atoms with Crippen LogP contribution in [0, 0.1) is 5.92 Å². The van der Waals surface area contributed by atoms with Gasteiger partial charge in [0.25, 0.3) is 0 Å². The number of carboxylic acids is 1. The molecule has 16 heavy (non-hydrogen) atoms. The van der Waals surface area contributed by atoms with E-state index in [-0.39, 0.29) is 24.1 Å². The van der Waals surface area contributed by atoms with Crippen LogP contribution in [0.5, 0.6) is 0 Å². The van der Waals surface area contributed by atoms with Crippen LogP contribution in [0.1, 0.15) is 29.0 Å². The Hall–Kier alpha value is -1.91. The van der Waals surface area contributed by atoms with Gasteiger partial charge in [-0.1, -0.05) is 6.07 Å². The number of pyridine rings is 1. The zero-order valence-corrected chi connectivity index (χ0v) is 8.64. The SMILES string of the molecule is O=C(O)c1cccc(CNC(=O)C2CC2)n1. The van der Waals surface area contributed by atoms with Crippen LogP contribution in [-0.2, 0) is 11.3 Å². The number of amides is 1. The van der Waals surface area contributed by atoms with Gasteiger partial charge >= 0.3 is 5.97 Å². The van der Waals surface area contributed by atoms with Gasteiger partial charge in [0.1, 0.15) is 5.69 Å². The molecule has 2 rings (SSSR count). The van der Waals surface area contributed by atoms with E-state index in [1.807, 2.05) is 0 Å². The Balaban J connectivity index is 1.95. The second-order valence-corrected chi connectivity index (χ2v) is 3.81. The molecule has 0 radical (unpaired) electrons. The molecule has 0 saturated heterocycles. The van der Waals surface area contributed by atoms with Gasteiger partial charge in [0.05, 0.1) is 12.2 Å². The van der Waals surface area contributed by atoms with E-state index < -0.39 is 5.97 Å². The zero-order valence-electron chi connectivity index (χ0n) is 8.64. The maximum Gasteiger partial charge on any atom is 0.354 e. The van der Waals surface area contributed by atoms with Gasteiger partial charge in [0.15, 0.2) is 0 Å². The number of carbonyl (C=O) groups is 2. The van der Waals surface area contributed by atoms with Crippen molar-refractivity contribution >= 4 is 11.9 Å². The Kier molecular flexibility index (Phi) is 2.85. The van der Waals surface area contributed by atoms with Gasteiger partial charge < -0.3 is 10.4 Å². The van der Waals surface area contributed by atoms with Gasteiger partial charge in [0.2, 0.25) is 5.91 Å². The molecule has 1 aromatic rings. The highest BCUT2D eigenvalue weighted by molar-refractivity contribution is 5.85. The van der Waals surface area contributed by atoms with Crippen molar-refractivity contribution in [3.8, 4) is 0 Å². The summed E-state index contributed by atoms with van der Waals surface area (Å²) in [5.74, 6) is -0.874. The molecule has 1 heterocycles. The van der Waals surface area contributed by atoms with E-state index in [0.717, 1.165) is 12.8 Å². The maximum atomic E-state index is 11.3. The molecular formula is C11H12N2O3. The molecule has 0 atom stereocenters. The van der Waals surface area contributed by atoms with Crippen molar-refractivity contribution in [1.29, 1.82) is 0 Å². The van der Waals surface area contributed by atoms with Crippen LogP contribution in [0.15, 0.2) is 18.2 Å². The molecule has 0 bridgehead atoms. The minimum Gasteiger partial charge on any atom is -0.477 e. The van der Waals surface area contributed by atoms with E-state index in [1.165, 1.54) is 6.07 Å². The number of nitrogens with one attached hydrogen (secondary N) is 1. The average Bonchev–Trinajstić information content (AvgIpc) is 3.10. The average molecular weight is 220 g/mol. The number of hydrogen-bond acceptors (Lipinski definition) is 3. The lowest BCUT2D eigenvalue weighted by atomic mass is 10.3. The monoisotopic (exact) mass is 220 g/mol. The predicted molar refractivity (Wildman–Crippen MR) is 55.8 cm³/mol. The molecule has 1 saturated carbocycles. The number of carbonyl (C=O) groups excluding carboxylic acids is 1. The van der Waals surface area contributed by atoms with Crippen molar-refractivity contribution in [2.24, 2.45) is 5.92 Å². The summed E-state index contributed by atoms with van der Waals surface area (Å²) >= 11 is 0. The van der Waals surface area contributed by atoms with E-state index >= 15 is 0 Å². The minimum absolute atomic E-state index is 0.00169. The molecular weight excluding hydrogens is 208 g/mol. The Morgan fingerprint density at radius 3 is 2.81 bits per heavy atom. The van der Waals surface area contributed by atoms with E-state index in [2.05, 4.69) is 10.3 Å². The molecule has 0 spiro atoms. The van der Waals surface area contributed by atoms with Crippen molar-refractivity contribution in [3.63, 3.8) is 0 Å². The smallest absolute Gasteiger partial charge is 0.354 e. The first kappa shape index (κ1) is 10.6. The first-order chi connectivity index (χ1) is 7.66. The summed E-state index contributed by atoms with van der Waals surface area (Å²) in [5, 5.41) is 11.5. The fraction of sp³-hybridized carbons (Fsp3) is 0.364. The minimum atomic E-state index is -1.06. The van der Waals surface area contributed by atoms with Crippen LogP contribution in [0.2, 0.25) is 0 Å². The number of aromatic carboxylic acids is 1. The van der Waals surface area contributed by atoms with E-state index in [4.69, 9.17) is 5.11 Å². The third-order valence-corrected chi connectivity index (χ3v) is 2.42. The Labute approximate surface area is 92.5 Å². The largest absolute Gasteiger partial charge is 0.477 e. The van der Waals surface area contributed by atoms with Crippen molar-refractivity contribution in [3.05, 3.63) is 29.6 Å². The standard InChI is InChI=1S/C11H12N2O3/c14-10(7-4-5-7)12-6-8-2-1-3-9(13-8)11(15)16/h1-3,7H,4-6H2,(H,12,14)(H,15,16). The number of aromatic nitrogens is 1. The van der Waals surface area contributed by atoms with E-state index in [1.54, 1.807) is 12.1 Å². The highest BCUT2D eigenvalue weighted by Crippen LogP contribution is 2.28. The van der Waals surface area contributed by atoms with Crippen LogP contribution in [-0.4, -0.2) is 22.0 Å². The number of nitrogens with zero attached hydrogens (tertiary/aromatic N) is 1. The van der Waals surface area contributed by atoms with Crippen LogP contribution in [0.4, 0.5) is 0 Å². The molecule has 2 N–H and O–H groups in total. The highest BCUT2D eigenvalue weighted by Gasteiger charge is 2.29. The maximum absolute atomic E-state index is 11.3. The van der Waals surface area contributed by atoms with Crippen molar-refractivity contribution in [2.45, 2.75) is 19.4 Å². The Morgan fingerprint density at radius 1 is 1.44 bits per heavy atom. The van der Waals surface area contributed by atoms with Crippen molar-refractivity contribution in [2.75, 3.05) is 0 Å². The van der Waals surface area contributed by atoms with E-state index in [9.17, 15) is 9.59 Å². The normalized spacial score (nSPS) is 14.5. The van der Waals surface area contributed by atoms with Crippen LogP contribution < -0.4 is 5.32 Å². The molecule has 1 aliphatic carbocycles. The summed E-state index contributed by atoms with van der Waals surface area (Å²) in [6, 6.07) is 4.74. The second-order valence-electron chi connectivity index (χ2n) is 3.81. The fourth-order valence-electron chi connectivity index (χ4n) is 1.36. The quantitative estimate of drug-likeness (QED) is 0.786. The summed E-state index contributed by atoms with van der Waals surface area (Å²) in [7, 11) is 0.